The number of nitrogens with one attached hydrogen (secondary N) is 1. The molecule has 0 bridgehead atoms. The van der Waals surface area contributed by atoms with Gasteiger partial charge in [-0.3, -0.25) is 4.98 Å². The van der Waals surface area contributed by atoms with Crippen LogP contribution in [-0.2, 0) is 6.42 Å². The Morgan fingerprint density at radius 1 is 1.16 bits per heavy atom. The predicted octanol–water partition coefficient (Wildman–Crippen LogP) is 3.25. The number of halogens is 2. The molecule has 4 heteroatoms. The highest BCUT2D eigenvalue weighted by atomic mass is 19.2. The average molecular weight is 262 g/mol. The summed E-state index contributed by atoms with van der Waals surface area (Å²) in [5.74, 6) is -1.58. The van der Waals surface area contributed by atoms with Crippen LogP contribution in [0.4, 0.5) is 8.78 Å². The summed E-state index contributed by atoms with van der Waals surface area (Å²) in [6.07, 6.45) is 4.31. The van der Waals surface area contributed by atoms with Crippen LogP contribution >= 0.6 is 0 Å². The summed E-state index contributed by atoms with van der Waals surface area (Å²) < 4.78 is 26.7. The maximum Gasteiger partial charge on any atom is 0.163 e. The molecule has 0 fully saturated rings. The molecule has 0 aliphatic heterocycles. The van der Waals surface area contributed by atoms with Crippen LogP contribution in [0.5, 0.6) is 0 Å². The maximum absolute atomic E-state index is 13.6. The molecule has 1 unspecified atom stereocenters. The smallest absolute Gasteiger partial charge is 0.163 e. The van der Waals surface area contributed by atoms with Gasteiger partial charge in [0.25, 0.3) is 0 Å². The second kappa shape index (κ2) is 6.38. The molecule has 2 rings (SSSR count). The fourth-order valence-electron chi connectivity index (χ4n) is 1.95. The molecule has 0 aliphatic rings. The topological polar surface area (TPSA) is 24.9 Å². The normalized spacial score (nSPS) is 12.4. The number of rotatable bonds is 5. The Balaban J connectivity index is 1.91. The van der Waals surface area contributed by atoms with Crippen molar-refractivity contribution in [3.63, 3.8) is 0 Å². The van der Waals surface area contributed by atoms with E-state index in [1.54, 1.807) is 18.5 Å². The lowest BCUT2D eigenvalue weighted by Crippen LogP contribution is -2.22. The molecule has 0 spiro atoms. The van der Waals surface area contributed by atoms with E-state index >= 15 is 0 Å². The van der Waals surface area contributed by atoms with E-state index in [4.69, 9.17) is 0 Å². The van der Waals surface area contributed by atoms with Crippen LogP contribution in [0.3, 0.4) is 0 Å². The number of hydrogen-bond acceptors (Lipinski definition) is 2. The Bertz CT molecular complexity index is 529. The highest BCUT2D eigenvalue weighted by Gasteiger charge is 2.13. The molecule has 1 aromatic carbocycles. The van der Waals surface area contributed by atoms with Crippen molar-refractivity contribution in [3.8, 4) is 0 Å². The first-order chi connectivity index (χ1) is 9.18. The van der Waals surface area contributed by atoms with Gasteiger partial charge in [0.2, 0.25) is 0 Å². The molecule has 0 radical (unpaired) electrons. The maximum atomic E-state index is 13.6. The number of aromatic nitrogens is 1. The van der Waals surface area contributed by atoms with Crippen LogP contribution in [0.2, 0.25) is 0 Å². The van der Waals surface area contributed by atoms with E-state index in [1.807, 2.05) is 19.1 Å². The van der Waals surface area contributed by atoms with Gasteiger partial charge in [0, 0.05) is 24.0 Å². The molecular weight excluding hydrogens is 246 g/mol. The van der Waals surface area contributed by atoms with Crippen molar-refractivity contribution in [1.29, 1.82) is 0 Å². The van der Waals surface area contributed by atoms with Gasteiger partial charge in [-0.2, -0.15) is 0 Å². The van der Waals surface area contributed by atoms with Crippen molar-refractivity contribution < 1.29 is 8.78 Å². The highest BCUT2D eigenvalue weighted by Crippen LogP contribution is 2.18. The Morgan fingerprint density at radius 2 is 1.89 bits per heavy atom. The lowest BCUT2D eigenvalue weighted by Gasteiger charge is -2.15. The average Bonchev–Trinajstić information content (AvgIpc) is 2.43. The fraction of sp³-hybridized carbons (Fsp3) is 0.267. The summed E-state index contributed by atoms with van der Waals surface area (Å²) in [7, 11) is 0. The van der Waals surface area contributed by atoms with E-state index < -0.39 is 11.6 Å². The minimum absolute atomic E-state index is 0.225. The van der Waals surface area contributed by atoms with Gasteiger partial charge in [-0.15, -0.1) is 0 Å². The van der Waals surface area contributed by atoms with E-state index in [9.17, 15) is 8.78 Å². The summed E-state index contributed by atoms with van der Waals surface area (Å²) in [4.78, 5) is 3.95. The van der Waals surface area contributed by atoms with Gasteiger partial charge >= 0.3 is 0 Å². The number of benzene rings is 1. The van der Waals surface area contributed by atoms with Crippen molar-refractivity contribution in [2.45, 2.75) is 19.4 Å². The Labute approximate surface area is 111 Å². The SMILES string of the molecule is CC(NCCc1ccncc1)c1cccc(F)c1F. The van der Waals surface area contributed by atoms with Crippen LogP contribution in [-0.4, -0.2) is 11.5 Å². The molecule has 1 aromatic heterocycles. The Kier molecular flexibility index (Phi) is 4.58. The molecular formula is C15H16F2N2. The standard InChI is InChI=1S/C15H16F2N2/c1-11(13-3-2-4-14(16)15(13)17)19-10-7-12-5-8-18-9-6-12/h2-6,8-9,11,19H,7,10H2,1H3. The molecule has 0 amide bonds. The van der Waals surface area contributed by atoms with Gasteiger partial charge in [0.05, 0.1) is 0 Å². The summed E-state index contributed by atoms with van der Waals surface area (Å²) >= 11 is 0. The van der Waals surface area contributed by atoms with Crippen LogP contribution in [0.1, 0.15) is 24.1 Å². The second-order valence-corrected chi connectivity index (χ2v) is 4.42. The van der Waals surface area contributed by atoms with E-state index in [-0.39, 0.29) is 6.04 Å². The summed E-state index contributed by atoms with van der Waals surface area (Å²) in [5, 5.41) is 3.19. The zero-order chi connectivity index (χ0) is 13.7. The van der Waals surface area contributed by atoms with Gasteiger partial charge in [0.15, 0.2) is 11.6 Å². The molecule has 2 nitrogen and oxygen atoms in total. The minimum Gasteiger partial charge on any atom is -0.310 e. The lowest BCUT2D eigenvalue weighted by atomic mass is 10.1. The quantitative estimate of drug-likeness (QED) is 0.894. The van der Waals surface area contributed by atoms with E-state index in [0.717, 1.165) is 18.1 Å². The van der Waals surface area contributed by atoms with Crippen molar-refractivity contribution >= 4 is 0 Å². The van der Waals surface area contributed by atoms with Crippen molar-refractivity contribution in [2.75, 3.05) is 6.54 Å². The van der Waals surface area contributed by atoms with Crippen molar-refractivity contribution in [3.05, 3.63) is 65.5 Å². The molecule has 1 N–H and O–H groups in total. The van der Waals surface area contributed by atoms with Gasteiger partial charge in [0.1, 0.15) is 0 Å². The van der Waals surface area contributed by atoms with E-state index in [1.165, 1.54) is 6.07 Å². The minimum atomic E-state index is -0.805. The zero-order valence-electron chi connectivity index (χ0n) is 10.7. The van der Waals surface area contributed by atoms with E-state index in [2.05, 4.69) is 10.3 Å². The van der Waals surface area contributed by atoms with Gasteiger partial charge < -0.3 is 5.32 Å². The van der Waals surface area contributed by atoms with Crippen LogP contribution in [0, 0.1) is 11.6 Å². The molecule has 0 saturated heterocycles. The first-order valence-corrected chi connectivity index (χ1v) is 6.24. The third-order valence-electron chi connectivity index (χ3n) is 3.06. The Hall–Kier alpha value is -1.81. The number of nitrogens with zero attached hydrogens (tertiary/aromatic N) is 1. The van der Waals surface area contributed by atoms with Crippen LogP contribution < -0.4 is 5.32 Å². The second-order valence-electron chi connectivity index (χ2n) is 4.42. The van der Waals surface area contributed by atoms with Gasteiger partial charge in [-0.25, -0.2) is 8.78 Å². The third kappa shape index (κ3) is 3.58. The first-order valence-electron chi connectivity index (χ1n) is 6.24. The zero-order valence-corrected chi connectivity index (χ0v) is 10.7. The molecule has 1 heterocycles. The van der Waals surface area contributed by atoms with Gasteiger partial charge in [-0.05, 0) is 43.7 Å². The monoisotopic (exact) mass is 262 g/mol. The largest absolute Gasteiger partial charge is 0.310 e. The number of pyridine rings is 1. The lowest BCUT2D eigenvalue weighted by molar-refractivity contribution is 0.474. The third-order valence-corrected chi connectivity index (χ3v) is 3.06. The van der Waals surface area contributed by atoms with Crippen LogP contribution in [0.25, 0.3) is 0 Å². The highest BCUT2D eigenvalue weighted by molar-refractivity contribution is 5.22. The summed E-state index contributed by atoms with van der Waals surface area (Å²) in [6.45, 7) is 2.52. The fourth-order valence-corrected chi connectivity index (χ4v) is 1.95. The predicted molar refractivity (Wildman–Crippen MR) is 70.7 cm³/mol. The molecule has 19 heavy (non-hydrogen) atoms. The van der Waals surface area contributed by atoms with Gasteiger partial charge in [-0.1, -0.05) is 12.1 Å². The summed E-state index contributed by atoms with van der Waals surface area (Å²) in [6, 6.07) is 7.90. The molecule has 0 saturated carbocycles. The Morgan fingerprint density at radius 3 is 2.63 bits per heavy atom. The molecule has 100 valence electrons. The molecule has 2 aromatic rings. The molecule has 0 aliphatic carbocycles. The molecule has 1 atom stereocenters. The van der Waals surface area contributed by atoms with Crippen LogP contribution in [0.15, 0.2) is 42.7 Å². The first kappa shape index (κ1) is 13.6. The number of hydrogen-bond donors (Lipinski definition) is 1. The van der Waals surface area contributed by atoms with Crippen molar-refractivity contribution in [1.82, 2.24) is 10.3 Å². The van der Waals surface area contributed by atoms with Crippen molar-refractivity contribution in [2.24, 2.45) is 0 Å². The van der Waals surface area contributed by atoms with E-state index in [0.29, 0.717) is 12.1 Å². The summed E-state index contributed by atoms with van der Waals surface area (Å²) in [5.41, 5.74) is 1.52.